The molecular weight excluding hydrogens is 279 g/mol. The lowest BCUT2D eigenvalue weighted by atomic mass is 10.1. The van der Waals surface area contributed by atoms with Gasteiger partial charge in [0.05, 0.1) is 11.5 Å². The van der Waals surface area contributed by atoms with Crippen molar-refractivity contribution in [2.45, 2.75) is 20.3 Å². The van der Waals surface area contributed by atoms with E-state index in [1.165, 1.54) is 6.07 Å². The van der Waals surface area contributed by atoms with Gasteiger partial charge in [-0.25, -0.2) is 0 Å². The van der Waals surface area contributed by atoms with Crippen LogP contribution in [0.3, 0.4) is 0 Å². The highest BCUT2D eigenvalue weighted by molar-refractivity contribution is 5.94. The van der Waals surface area contributed by atoms with Crippen LogP contribution in [0.15, 0.2) is 18.2 Å². The smallest absolute Gasteiger partial charge is 0.304 e. The Morgan fingerprint density at radius 2 is 2.14 bits per heavy atom. The van der Waals surface area contributed by atoms with Crippen LogP contribution >= 0.6 is 0 Å². The number of ether oxygens (including phenoxy) is 1. The van der Waals surface area contributed by atoms with Gasteiger partial charge in [-0.3, -0.25) is 14.9 Å². The second-order valence-electron chi connectivity index (χ2n) is 4.97. The Morgan fingerprint density at radius 3 is 2.71 bits per heavy atom. The van der Waals surface area contributed by atoms with Gasteiger partial charge >= 0.3 is 5.69 Å². The third kappa shape index (κ3) is 5.86. The van der Waals surface area contributed by atoms with Crippen molar-refractivity contribution in [1.29, 1.82) is 0 Å². The van der Waals surface area contributed by atoms with Crippen molar-refractivity contribution in [1.82, 2.24) is 5.32 Å². The number of halogens is 1. The fraction of sp³-hybridized carbons (Fsp3) is 0.500. The molecule has 116 valence electrons. The van der Waals surface area contributed by atoms with Gasteiger partial charge in [-0.05, 0) is 24.5 Å². The van der Waals surface area contributed by atoms with Crippen LogP contribution in [0.25, 0.3) is 0 Å². The summed E-state index contributed by atoms with van der Waals surface area (Å²) in [6, 6.07) is 3.05. The van der Waals surface area contributed by atoms with Crippen molar-refractivity contribution in [2.75, 3.05) is 19.8 Å². The van der Waals surface area contributed by atoms with E-state index in [-0.39, 0.29) is 5.56 Å². The number of carbonyl (C=O) groups excluding carboxylic acids is 1. The molecule has 0 atom stereocenters. The van der Waals surface area contributed by atoms with Gasteiger partial charge in [-0.15, -0.1) is 0 Å². The zero-order chi connectivity index (χ0) is 15.8. The summed E-state index contributed by atoms with van der Waals surface area (Å²) in [5, 5.41) is 13.0. The molecule has 0 aromatic heterocycles. The maximum absolute atomic E-state index is 13.4. The monoisotopic (exact) mass is 298 g/mol. The first-order valence-electron chi connectivity index (χ1n) is 6.71. The van der Waals surface area contributed by atoms with Gasteiger partial charge in [0.1, 0.15) is 0 Å². The van der Waals surface area contributed by atoms with Crippen molar-refractivity contribution in [2.24, 2.45) is 5.92 Å². The minimum absolute atomic E-state index is 0.0419. The molecule has 0 aliphatic heterocycles. The first-order valence-corrected chi connectivity index (χ1v) is 6.71. The average molecular weight is 298 g/mol. The summed E-state index contributed by atoms with van der Waals surface area (Å²) >= 11 is 0. The average Bonchev–Trinajstić information content (AvgIpc) is 2.41. The van der Waals surface area contributed by atoms with E-state index in [4.69, 9.17) is 4.74 Å². The van der Waals surface area contributed by atoms with Crippen LogP contribution in [0.2, 0.25) is 0 Å². The van der Waals surface area contributed by atoms with Gasteiger partial charge in [0.2, 0.25) is 5.82 Å². The molecule has 0 aliphatic carbocycles. The normalized spacial score (nSPS) is 10.7. The molecule has 6 nitrogen and oxygen atoms in total. The zero-order valence-electron chi connectivity index (χ0n) is 12.1. The summed E-state index contributed by atoms with van der Waals surface area (Å²) in [5.41, 5.74) is -0.608. The van der Waals surface area contributed by atoms with E-state index >= 15 is 0 Å². The fourth-order valence-electron chi connectivity index (χ4n) is 1.56. The van der Waals surface area contributed by atoms with Gasteiger partial charge in [-0.1, -0.05) is 13.8 Å². The predicted molar refractivity (Wildman–Crippen MR) is 75.7 cm³/mol. The number of benzene rings is 1. The predicted octanol–water partition coefficient (Wildman–Crippen LogP) is 2.53. The van der Waals surface area contributed by atoms with Crippen LogP contribution in [0.4, 0.5) is 10.1 Å². The summed E-state index contributed by atoms with van der Waals surface area (Å²) < 4.78 is 18.7. The van der Waals surface area contributed by atoms with Crippen molar-refractivity contribution < 1.29 is 18.8 Å². The molecule has 1 rings (SSSR count). The van der Waals surface area contributed by atoms with Gasteiger partial charge in [0, 0.05) is 24.8 Å². The first-order chi connectivity index (χ1) is 9.91. The molecule has 21 heavy (non-hydrogen) atoms. The van der Waals surface area contributed by atoms with E-state index < -0.39 is 22.3 Å². The van der Waals surface area contributed by atoms with Crippen LogP contribution in [-0.2, 0) is 4.74 Å². The van der Waals surface area contributed by atoms with E-state index in [1.54, 1.807) is 0 Å². The molecule has 0 bridgehead atoms. The standard InChI is InChI=1S/C14H19FN2O4/c1-10(2)5-7-21-8-6-16-14(18)11-3-4-13(17(19)20)12(15)9-11/h3-4,9-10H,5-8H2,1-2H3,(H,16,18). The number of amides is 1. The Balaban J connectivity index is 2.39. The highest BCUT2D eigenvalue weighted by atomic mass is 19.1. The molecule has 0 heterocycles. The highest BCUT2D eigenvalue weighted by Crippen LogP contribution is 2.17. The molecule has 7 heteroatoms. The lowest BCUT2D eigenvalue weighted by Crippen LogP contribution is -2.27. The summed E-state index contributed by atoms with van der Waals surface area (Å²) in [6.07, 6.45) is 0.946. The summed E-state index contributed by atoms with van der Waals surface area (Å²) in [6.45, 7) is 5.48. The maximum atomic E-state index is 13.4. The number of nitrogens with one attached hydrogen (secondary N) is 1. The third-order valence-electron chi connectivity index (χ3n) is 2.78. The van der Waals surface area contributed by atoms with Crippen LogP contribution in [0.5, 0.6) is 0 Å². The lowest BCUT2D eigenvalue weighted by Gasteiger charge is -2.08. The molecule has 1 aromatic rings. The second kappa shape index (κ2) is 8.31. The zero-order valence-corrected chi connectivity index (χ0v) is 12.1. The topological polar surface area (TPSA) is 81.5 Å². The summed E-state index contributed by atoms with van der Waals surface area (Å²) in [5.74, 6) is -0.959. The number of nitrogens with zero attached hydrogens (tertiary/aromatic N) is 1. The van der Waals surface area contributed by atoms with Crippen LogP contribution in [0.1, 0.15) is 30.6 Å². The van der Waals surface area contributed by atoms with Crippen molar-refractivity contribution in [3.05, 3.63) is 39.7 Å². The summed E-state index contributed by atoms with van der Waals surface area (Å²) in [7, 11) is 0. The van der Waals surface area contributed by atoms with Gasteiger partial charge < -0.3 is 10.1 Å². The molecule has 0 saturated heterocycles. The molecule has 0 fully saturated rings. The number of rotatable bonds is 8. The Bertz CT molecular complexity index is 506. The Morgan fingerprint density at radius 1 is 1.43 bits per heavy atom. The number of hydrogen-bond donors (Lipinski definition) is 1. The number of hydrogen-bond acceptors (Lipinski definition) is 4. The Hall–Kier alpha value is -2.02. The second-order valence-corrected chi connectivity index (χ2v) is 4.97. The van der Waals surface area contributed by atoms with E-state index in [0.29, 0.717) is 25.7 Å². The van der Waals surface area contributed by atoms with E-state index in [1.807, 2.05) is 0 Å². The van der Waals surface area contributed by atoms with Gasteiger partial charge in [0.15, 0.2) is 0 Å². The summed E-state index contributed by atoms with van der Waals surface area (Å²) in [4.78, 5) is 21.4. The molecule has 1 N–H and O–H groups in total. The van der Waals surface area contributed by atoms with Crippen LogP contribution < -0.4 is 5.32 Å². The van der Waals surface area contributed by atoms with Crippen LogP contribution in [-0.4, -0.2) is 30.6 Å². The van der Waals surface area contributed by atoms with Crippen molar-refractivity contribution in [3.63, 3.8) is 0 Å². The molecule has 0 unspecified atom stereocenters. The molecule has 0 spiro atoms. The van der Waals surface area contributed by atoms with Crippen molar-refractivity contribution >= 4 is 11.6 Å². The van der Waals surface area contributed by atoms with Gasteiger partial charge in [0.25, 0.3) is 5.91 Å². The largest absolute Gasteiger partial charge is 0.380 e. The number of nitro benzene ring substituents is 1. The lowest BCUT2D eigenvalue weighted by molar-refractivity contribution is -0.387. The third-order valence-corrected chi connectivity index (χ3v) is 2.78. The highest BCUT2D eigenvalue weighted by Gasteiger charge is 2.16. The van der Waals surface area contributed by atoms with E-state index in [2.05, 4.69) is 19.2 Å². The quantitative estimate of drug-likeness (QED) is 0.454. The van der Waals surface area contributed by atoms with Gasteiger partial charge in [-0.2, -0.15) is 4.39 Å². The Labute approximate surface area is 122 Å². The maximum Gasteiger partial charge on any atom is 0.304 e. The fourth-order valence-corrected chi connectivity index (χ4v) is 1.56. The minimum atomic E-state index is -1.03. The molecule has 1 amide bonds. The van der Waals surface area contributed by atoms with E-state index in [0.717, 1.165) is 18.6 Å². The molecule has 0 aliphatic rings. The molecule has 0 radical (unpaired) electrons. The van der Waals surface area contributed by atoms with Crippen LogP contribution in [0, 0.1) is 21.8 Å². The Kier molecular flexibility index (Phi) is 6.74. The SMILES string of the molecule is CC(C)CCOCCNC(=O)c1ccc([N+](=O)[O-])c(F)c1. The number of nitro groups is 1. The minimum Gasteiger partial charge on any atom is -0.380 e. The molecular formula is C14H19FN2O4. The number of carbonyl (C=O) groups is 1. The van der Waals surface area contributed by atoms with Crippen molar-refractivity contribution in [3.8, 4) is 0 Å². The first kappa shape index (κ1) is 17.0. The van der Waals surface area contributed by atoms with E-state index in [9.17, 15) is 19.3 Å². The molecule has 0 saturated carbocycles. The molecule has 1 aromatic carbocycles.